The topological polar surface area (TPSA) is 90.7 Å². The van der Waals surface area contributed by atoms with E-state index in [0.29, 0.717) is 21.3 Å². The molecule has 7 nitrogen and oxygen atoms in total. The van der Waals surface area contributed by atoms with Gasteiger partial charge in [0, 0.05) is 6.07 Å². The quantitative estimate of drug-likeness (QED) is 0.529. The second kappa shape index (κ2) is 8.60. The van der Waals surface area contributed by atoms with Gasteiger partial charge in [0.1, 0.15) is 0 Å². The smallest absolute Gasteiger partial charge is 0.283 e. The molecule has 0 bridgehead atoms. The van der Waals surface area contributed by atoms with Crippen molar-refractivity contribution in [3.05, 3.63) is 49.7 Å². The largest absolute Gasteiger partial charge is 0.493 e. The van der Waals surface area contributed by atoms with Crippen molar-refractivity contribution in [2.75, 3.05) is 7.11 Å². The maximum Gasteiger partial charge on any atom is 0.283 e. The van der Waals surface area contributed by atoms with Gasteiger partial charge < -0.3 is 14.8 Å². The highest BCUT2D eigenvalue weighted by molar-refractivity contribution is 7.14. The summed E-state index contributed by atoms with van der Waals surface area (Å²) < 4.78 is 11.5. The maximum absolute atomic E-state index is 12.5. The molecule has 1 aromatic heterocycles. The minimum atomic E-state index is -0.472. The molecule has 1 N–H and O–H groups in total. The lowest BCUT2D eigenvalue weighted by molar-refractivity contribution is -0.385. The number of benzene rings is 1. The lowest BCUT2D eigenvalue weighted by Crippen LogP contribution is -2.26. The van der Waals surface area contributed by atoms with Gasteiger partial charge in [0.15, 0.2) is 11.5 Å². The first-order valence-corrected chi connectivity index (χ1v) is 10.1. The van der Waals surface area contributed by atoms with Gasteiger partial charge in [-0.15, -0.1) is 11.3 Å². The normalized spacial score (nSPS) is 15.2. The molecule has 2 aromatic rings. The zero-order chi connectivity index (χ0) is 20.3. The number of carbonyl (C=O) groups is 1. The Morgan fingerprint density at radius 3 is 2.61 bits per heavy atom. The Bertz CT molecular complexity index is 873. The Labute approximate surface area is 167 Å². The van der Waals surface area contributed by atoms with E-state index >= 15 is 0 Å². The van der Waals surface area contributed by atoms with Gasteiger partial charge >= 0.3 is 0 Å². The summed E-state index contributed by atoms with van der Waals surface area (Å²) in [5.41, 5.74) is 0.838. The van der Waals surface area contributed by atoms with Crippen LogP contribution in [0.25, 0.3) is 0 Å². The number of methoxy groups -OCH3 is 1. The fourth-order valence-corrected chi connectivity index (χ4v) is 4.24. The molecule has 1 aliphatic rings. The first-order chi connectivity index (χ1) is 13.4. The van der Waals surface area contributed by atoms with Crippen molar-refractivity contribution in [3.8, 4) is 11.5 Å². The third-order valence-corrected chi connectivity index (χ3v) is 5.98. The average molecular weight is 404 g/mol. The van der Waals surface area contributed by atoms with Gasteiger partial charge in [0.05, 0.1) is 33.9 Å². The van der Waals surface area contributed by atoms with Crippen molar-refractivity contribution < 1.29 is 19.2 Å². The molecule has 3 rings (SSSR count). The Kier molecular flexibility index (Phi) is 6.18. The van der Waals surface area contributed by atoms with Gasteiger partial charge in [-0.1, -0.05) is 6.07 Å². The molecule has 1 fully saturated rings. The molecule has 0 radical (unpaired) electrons. The number of nitro groups is 1. The van der Waals surface area contributed by atoms with E-state index in [1.807, 2.05) is 25.1 Å². The van der Waals surface area contributed by atoms with E-state index in [9.17, 15) is 14.9 Å². The van der Waals surface area contributed by atoms with Crippen molar-refractivity contribution in [3.63, 3.8) is 0 Å². The van der Waals surface area contributed by atoms with Crippen LogP contribution < -0.4 is 14.8 Å². The van der Waals surface area contributed by atoms with Gasteiger partial charge in [-0.05, 0) is 57.2 Å². The van der Waals surface area contributed by atoms with E-state index in [2.05, 4.69) is 5.32 Å². The molecule has 0 saturated heterocycles. The molecule has 1 unspecified atom stereocenters. The van der Waals surface area contributed by atoms with Crippen molar-refractivity contribution in [2.45, 2.75) is 51.7 Å². The van der Waals surface area contributed by atoms with E-state index in [4.69, 9.17) is 9.47 Å². The Morgan fingerprint density at radius 2 is 2.00 bits per heavy atom. The van der Waals surface area contributed by atoms with Gasteiger partial charge in [-0.2, -0.15) is 0 Å². The Morgan fingerprint density at radius 1 is 1.29 bits per heavy atom. The summed E-state index contributed by atoms with van der Waals surface area (Å²) in [5.74, 6) is 1.01. The molecule has 0 spiro atoms. The van der Waals surface area contributed by atoms with Gasteiger partial charge in [-0.3, -0.25) is 14.9 Å². The standard InChI is InChI=1S/C20H24N2O5S/c1-12(21-20(23)19-11-16(22(24)25)13(2)28-19)14-8-9-17(18(10-14)26-3)27-15-6-4-5-7-15/h8-12,15H,4-7H2,1-3H3,(H,21,23). The van der Waals surface area contributed by atoms with E-state index in [-0.39, 0.29) is 23.7 Å². The summed E-state index contributed by atoms with van der Waals surface area (Å²) in [7, 11) is 1.59. The number of carbonyl (C=O) groups excluding carboxylic acids is 1. The third kappa shape index (κ3) is 4.44. The number of nitrogens with zero attached hydrogens (tertiary/aromatic N) is 1. The van der Waals surface area contributed by atoms with E-state index in [1.54, 1.807) is 14.0 Å². The highest BCUT2D eigenvalue weighted by atomic mass is 32.1. The van der Waals surface area contributed by atoms with Crippen LogP contribution in [0.5, 0.6) is 11.5 Å². The summed E-state index contributed by atoms with van der Waals surface area (Å²) in [5, 5.41) is 13.9. The summed E-state index contributed by atoms with van der Waals surface area (Å²) in [4.78, 5) is 23.8. The van der Waals surface area contributed by atoms with Crippen LogP contribution in [-0.4, -0.2) is 24.0 Å². The second-order valence-corrected chi connectivity index (χ2v) is 8.20. The fourth-order valence-electron chi connectivity index (χ4n) is 3.35. The molecule has 1 amide bonds. The number of hydrogen-bond acceptors (Lipinski definition) is 6. The lowest BCUT2D eigenvalue weighted by atomic mass is 10.1. The number of aryl methyl sites for hydroxylation is 1. The Hall–Kier alpha value is -2.61. The van der Waals surface area contributed by atoms with E-state index in [0.717, 1.165) is 29.7 Å². The van der Waals surface area contributed by atoms with Crippen LogP contribution in [0.3, 0.4) is 0 Å². The number of nitrogens with one attached hydrogen (secondary N) is 1. The number of ether oxygens (including phenoxy) is 2. The summed E-state index contributed by atoms with van der Waals surface area (Å²) in [6, 6.07) is 6.66. The SMILES string of the molecule is COc1cc(C(C)NC(=O)c2cc([N+](=O)[O-])c(C)s2)ccc1OC1CCCC1. The molecule has 1 heterocycles. The van der Waals surface area contributed by atoms with Crippen LogP contribution in [0, 0.1) is 17.0 Å². The summed E-state index contributed by atoms with van der Waals surface area (Å²) in [6.45, 7) is 3.50. The summed E-state index contributed by atoms with van der Waals surface area (Å²) >= 11 is 1.12. The minimum Gasteiger partial charge on any atom is -0.493 e. The highest BCUT2D eigenvalue weighted by Gasteiger charge is 2.22. The zero-order valence-corrected chi connectivity index (χ0v) is 17.0. The molecule has 28 heavy (non-hydrogen) atoms. The molecular weight excluding hydrogens is 380 g/mol. The van der Waals surface area contributed by atoms with Crippen LogP contribution in [0.4, 0.5) is 5.69 Å². The average Bonchev–Trinajstić information content (AvgIpc) is 3.31. The van der Waals surface area contributed by atoms with Crippen LogP contribution in [0.1, 0.15) is 58.8 Å². The predicted molar refractivity (Wildman–Crippen MR) is 107 cm³/mol. The summed E-state index contributed by atoms with van der Waals surface area (Å²) in [6.07, 6.45) is 4.73. The molecule has 1 aromatic carbocycles. The second-order valence-electron chi connectivity index (χ2n) is 6.94. The van der Waals surface area contributed by atoms with E-state index < -0.39 is 4.92 Å². The highest BCUT2D eigenvalue weighted by Crippen LogP contribution is 2.34. The molecule has 0 aliphatic heterocycles. The molecule has 1 aliphatic carbocycles. The monoisotopic (exact) mass is 404 g/mol. The van der Waals surface area contributed by atoms with Crippen LogP contribution >= 0.6 is 11.3 Å². The molecule has 1 atom stereocenters. The lowest BCUT2D eigenvalue weighted by Gasteiger charge is -2.19. The number of hydrogen-bond donors (Lipinski definition) is 1. The molecule has 8 heteroatoms. The maximum atomic E-state index is 12.5. The van der Waals surface area contributed by atoms with Crippen molar-refractivity contribution in [1.29, 1.82) is 0 Å². The first-order valence-electron chi connectivity index (χ1n) is 9.29. The predicted octanol–water partition coefficient (Wildman–Crippen LogP) is 4.79. The third-order valence-electron chi connectivity index (χ3n) is 4.94. The molecule has 1 saturated carbocycles. The minimum absolute atomic E-state index is 0.0297. The Balaban J connectivity index is 1.71. The number of rotatable bonds is 7. The molecular formula is C20H24N2O5S. The van der Waals surface area contributed by atoms with Crippen LogP contribution in [0.2, 0.25) is 0 Å². The van der Waals surface area contributed by atoms with Crippen molar-refractivity contribution in [1.82, 2.24) is 5.32 Å². The van der Waals surface area contributed by atoms with Gasteiger partial charge in [0.25, 0.3) is 11.6 Å². The number of thiophene rings is 1. The van der Waals surface area contributed by atoms with E-state index in [1.165, 1.54) is 18.9 Å². The van der Waals surface area contributed by atoms with Gasteiger partial charge in [0.2, 0.25) is 0 Å². The van der Waals surface area contributed by atoms with Crippen LogP contribution in [-0.2, 0) is 0 Å². The van der Waals surface area contributed by atoms with Crippen LogP contribution in [0.15, 0.2) is 24.3 Å². The number of amides is 1. The van der Waals surface area contributed by atoms with Gasteiger partial charge in [-0.25, -0.2) is 0 Å². The molecule has 150 valence electrons. The zero-order valence-electron chi connectivity index (χ0n) is 16.2. The van der Waals surface area contributed by atoms with Crippen molar-refractivity contribution in [2.24, 2.45) is 0 Å². The fraction of sp³-hybridized carbons (Fsp3) is 0.450. The first kappa shape index (κ1) is 20.1. The van der Waals surface area contributed by atoms with Crippen molar-refractivity contribution >= 4 is 22.9 Å².